The minimum Gasteiger partial charge on any atom is -0.444 e. The van der Waals surface area contributed by atoms with Crippen LogP contribution in [0, 0.1) is 0 Å². The minimum absolute atomic E-state index is 0.00187. The second-order valence-corrected chi connectivity index (χ2v) is 5.45. The lowest BCUT2D eigenvalue weighted by atomic mass is 10.0. The molecule has 1 aromatic heterocycles. The molecule has 4 rings (SSSR count). The number of carbonyl (C=O) groups is 1. The molecule has 108 valence electrons. The maximum Gasteiger partial charge on any atom is 0.414 e. The van der Waals surface area contributed by atoms with Crippen LogP contribution in [-0.2, 0) is 17.6 Å². The van der Waals surface area contributed by atoms with E-state index in [1.165, 1.54) is 5.56 Å². The van der Waals surface area contributed by atoms with E-state index in [0.29, 0.717) is 6.54 Å². The van der Waals surface area contributed by atoms with Gasteiger partial charge in [0.1, 0.15) is 18.3 Å². The molecule has 0 bridgehead atoms. The van der Waals surface area contributed by atoms with Crippen LogP contribution in [0.5, 0.6) is 0 Å². The van der Waals surface area contributed by atoms with Gasteiger partial charge in [-0.15, -0.1) is 10.2 Å². The van der Waals surface area contributed by atoms with Gasteiger partial charge in [0, 0.05) is 12.1 Å². The largest absolute Gasteiger partial charge is 0.444 e. The van der Waals surface area contributed by atoms with Crippen molar-refractivity contribution < 1.29 is 9.53 Å². The van der Waals surface area contributed by atoms with E-state index >= 15 is 0 Å². The topological polar surface area (TPSA) is 60.2 Å². The molecule has 0 N–H and O–H groups in total. The number of aromatic nitrogens is 3. The number of nitrogens with zero attached hydrogens (tertiary/aromatic N) is 4. The molecule has 0 radical (unpaired) electrons. The van der Waals surface area contributed by atoms with Gasteiger partial charge in [-0.05, 0) is 36.6 Å². The Hall–Kier alpha value is -2.37. The minimum atomic E-state index is -0.248. The van der Waals surface area contributed by atoms with Crippen molar-refractivity contribution in [3.05, 3.63) is 35.9 Å². The summed E-state index contributed by atoms with van der Waals surface area (Å²) < 4.78 is 7.34. The molecule has 1 saturated heterocycles. The van der Waals surface area contributed by atoms with Crippen molar-refractivity contribution in [2.24, 2.45) is 0 Å². The van der Waals surface area contributed by atoms with Crippen molar-refractivity contribution in [2.75, 3.05) is 11.4 Å². The quantitative estimate of drug-likeness (QED) is 0.847. The summed E-state index contributed by atoms with van der Waals surface area (Å²) >= 11 is 0. The normalized spacial score (nSPS) is 20.1. The van der Waals surface area contributed by atoms with Crippen LogP contribution in [0.25, 0.3) is 5.69 Å². The number of benzene rings is 1. The molecule has 6 nitrogen and oxygen atoms in total. The zero-order chi connectivity index (χ0) is 14.4. The Labute approximate surface area is 122 Å². The maximum absolute atomic E-state index is 11.9. The van der Waals surface area contributed by atoms with E-state index in [1.807, 2.05) is 23.6 Å². The molecule has 0 spiro atoms. The first-order valence-corrected chi connectivity index (χ1v) is 7.26. The van der Waals surface area contributed by atoms with E-state index in [-0.39, 0.29) is 12.2 Å². The van der Waals surface area contributed by atoms with Crippen LogP contribution < -0.4 is 4.90 Å². The average molecular weight is 284 g/mol. The van der Waals surface area contributed by atoms with E-state index < -0.39 is 0 Å². The zero-order valence-electron chi connectivity index (χ0n) is 11.8. The Balaban J connectivity index is 1.70. The summed E-state index contributed by atoms with van der Waals surface area (Å²) in [6.07, 6.45) is 4.13. The Morgan fingerprint density at radius 2 is 2.29 bits per heavy atom. The molecule has 6 heteroatoms. The van der Waals surface area contributed by atoms with E-state index in [9.17, 15) is 4.79 Å². The average Bonchev–Trinajstić information content (AvgIpc) is 3.12. The molecular weight excluding hydrogens is 268 g/mol. The summed E-state index contributed by atoms with van der Waals surface area (Å²) in [6.45, 7) is 2.66. The molecule has 1 fully saturated rings. The van der Waals surface area contributed by atoms with E-state index in [4.69, 9.17) is 4.74 Å². The van der Waals surface area contributed by atoms with Crippen LogP contribution in [-0.4, -0.2) is 33.5 Å². The summed E-state index contributed by atoms with van der Waals surface area (Å²) in [5.41, 5.74) is 3.23. The fourth-order valence-electron chi connectivity index (χ4n) is 3.00. The van der Waals surface area contributed by atoms with Gasteiger partial charge in [0.2, 0.25) is 0 Å². The number of ether oxygens (including phenoxy) is 1. The number of anilines is 1. The van der Waals surface area contributed by atoms with Crippen LogP contribution in [0.4, 0.5) is 10.5 Å². The number of amides is 1. The third-order valence-corrected chi connectivity index (χ3v) is 4.20. The lowest BCUT2D eigenvalue weighted by molar-refractivity contribution is 0.139. The van der Waals surface area contributed by atoms with Crippen LogP contribution in [0.3, 0.4) is 0 Å². The van der Waals surface area contributed by atoms with Crippen molar-refractivity contribution in [1.82, 2.24) is 14.8 Å². The van der Waals surface area contributed by atoms with Crippen molar-refractivity contribution in [3.63, 3.8) is 0 Å². The Bertz CT molecular complexity index is 709. The van der Waals surface area contributed by atoms with Gasteiger partial charge >= 0.3 is 6.09 Å². The van der Waals surface area contributed by atoms with Gasteiger partial charge < -0.3 is 4.74 Å². The maximum atomic E-state index is 11.9. The summed E-state index contributed by atoms with van der Waals surface area (Å²) in [6, 6.07) is 6.08. The van der Waals surface area contributed by atoms with Crippen LogP contribution in [0.15, 0.2) is 24.5 Å². The smallest absolute Gasteiger partial charge is 0.414 e. The number of cyclic esters (lactones) is 1. The number of aryl methyl sites for hydroxylation is 2. The van der Waals surface area contributed by atoms with Crippen molar-refractivity contribution in [3.8, 4) is 5.69 Å². The highest BCUT2D eigenvalue weighted by Crippen LogP contribution is 2.30. The van der Waals surface area contributed by atoms with E-state index in [0.717, 1.165) is 36.5 Å². The predicted octanol–water partition coefficient (Wildman–Crippen LogP) is 2.10. The fourth-order valence-corrected chi connectivity index (χ4v) is 3.00. The first kappa shape index (κ1) is 12.4. The molecule has 1 atom stereocenters. The van der Waals surface area contributed by atoms with Crippen molar-refractivity contribution >= 4 is 11.8 Å². The molecule has 0 saturated carbocycles. The van der Waals surface area contributed by atoms with Gasteiger partial charge in [-0.1, -0.05) is 6.92 Å². The molecule has 21 heavy (non-hydrogen) atoms. The first-order chi connectivity index (χ1) is 10.3. The SMILES string of the molecule is CCC1CN(c2ccc3c(c2)CCc2nncn2-3)C(=O)O1. The van der Waals surface area contributed by atoms with Gasteiger partial charge in [-0.3, -0.25) is 9.47 Å². The highest BCUT2D eigenvalue weighted by molar-refractivity contribution is 5.90. The first-order valence-electron chi connectivity index (χ1n) is 7.26. The molecular formula is C15H16N4O2. The van der Waals surface area contributed by atoms with Crippen LogP contribution in [0.2, 0.25) is 0 Å². The molecule has 0 aliphatic carbocycles. The van der Waals surface area contributed by atoms with Gasteiger partial charge in [0.15, 0.2) is 0 Å². The second kappa shape index (κ2) is 4.58. The monoisotopic (exact) mass is 284 g/mol. The molecule has 1 unspecified atom stereocenters. The second-order valence-electron chi connectivity index (χ2n) is 5.45. The molecule has 1 amide bonds. The number of fused-ring (bicyclic) bond motifs is 3. The van der Waals surface area contributed by atoms with E-state index in [1.54, 1.807) is 11.2 Å². The predicted molar refractivity (Wildman–Crippen MR) is 76.7 cm³/mol. The van der Waals surface area contributed by atoms with E-state index in [2.05, 4.69) is 16.3 Å². The molecule has 2 aliphatic heterocycles. The van der Waals surface area contributed by atoms with Crippen LogP contribution >= 0.6 is 0 Å². The lowest BCUT2D eigenvalue weighted by Crippen LogP contribution is -2.25. The van der Waals surface area contributed by atoms with Crippen LogP contribution in [0.1, 0.15) is 24.7 Å². The van der Waals surface area contributed by atoms with Crippen molar-refractivity contribution in [1.29, 1.82) is 0 Å². The molecule has 2 aromatic rings. The zero-order valence-corrected chi connectivity index (χ0v) is 11.8. The highest BCUT2D eigenvalue weighted by atomic mass is 16.6. The van der Waals surface area contributed by atoms with Crippen molar-refractivity contribution in [2.45, 2.75) is 32.3 Å². The van der Waals surface area contributed by atoms with Gasteiger partial charge in [-0.2, -0.15) is 0 Å². The molecule has 1 aromatic carbocycles. The number of hydrogen-bond acceptors (Lipinski definition) is 4. The summed E-state index contributed by atoms with van der Waals surface area (Å²) in [4.78, 5) is 13.7. The fraction of sp³-hybridized carbons (Fsp3) is 0.400. The van der Waals surface area contributed by atoms with Gasteiger partial charge in [-0.25, -0.2) is 4.79 Å². The Kier molecular flexibility index (Phi) is 2.70. The lowest BCUT2D eigenvalue weighted by Gasteiger charge is -2.20. The number of hydrogen-bond donors (Lipinski definition) is 0. The highest BCUT2D eigenvalue weighted by Gasteiger charge is 2.31. The Morgan fingerprint density at radius 1 is 1.38 bits per heavy atom. The van der Waals surface area contributed by atoms with Gasteiger partial charge in [0.05, 0.1) is 12.2 Å². The number of carbonyl (C=O) groups excluding carboxylic acids is 1. The summed E-state index contributed by atoms with van der Waals surface area (Å²) in [5, 5.41) is 8.08. The Morgan fingerprint density at radius 3 is 3.10 bits per heavy atom. The molecule has 3 heterocycles. The third kappa shape index (κ3) is 1.90. The van der Waals surface area contributed by atoms with Gasteiger partial charge in [0.25, 0.3) is 0 Å². The summed E-state index contributed by atoms with van der Waals surface area (Å²) in [5.74, 6) is 0.988. The molecule has 2 aliphatic rings. The third-order valence-electron chi connectivity index (χ3n) is 4.20. The number of rotatable bonds is 2. The summed E-state index contributed by atoms with van der Waals surface area (Å²) in [7, 11) is 0. The standard InChI is InChI=1S/C15H16N4O2/c1-2-12-8-18(15(20)21-12)11-4-5-13-10(7-11)3-6-14-17-16-9-19(13)14/h4-5,7,9,12H,2-3,6,8H2,1H3.